The number of hydrogen-bond donors (Lipinski definition) is 1. The average Bonchev–Trinajstić information content (AvgIpc) is 3.30. The number of amides is 1. The third-order valence-electron chi connectivity index (χ3n) is 8.41. The molecule has 202 valence electrons. The molecule has 0 radical (unpaired) electrons. The van der Waals surface area contributed by atoms with E-state index >= 15 is 0 Å². The Morgan fingerprint density at radius 3 is 2.39 bits per heavy atom. The van der Waals surface area contributed by atoms with Crippen molar-refractivity contribution in [2.24, 2.45) is 0 Å². The molecule has 1 aliphatic carbocycles. The zero-order valence-electron chi connectivity index (χ0n) is 22.6. The van der Waals surface area contributed by atoms with Crippen LogP contribution in [0.4, 0.5) is 10.5 Å². The van der Waals surface area contributed by atoms with E-state index in [1.165, 1.54) is 7.11 Å². The molecule has 5 rings (SSSR count). The first-order chi connectivity index (χ1) is 18.3. The quantitative estimate of drug-likeness (QED) is 0.443. The van der Waals surface area contributed by atoms with Gasteiger partial charge in [-0.25, -0.2) is 9.78 Å². The number of fused-ring (bicyclic) bond motifs is 3. The predicted octanol–water partition coefficient (Wildman–Crippen LogP) is 5.79. The second-order valence-electron chi connectivity index (χ2n) is 10.7. The molecule has 1 aliphatic heterocycles. The zero-order valence-corrected chi connectivity index (χ0v) is 22.6. The zero-order chi connectivity index (χ0) is 27.0. The van der Waals surface area contributed by atoms with E-state index in [1.54, 1.807) is 12.0 Å². The number of carbonyl (C=O) groups is 2. The van der Waals surface area contributed by atoms with Crippen LogP contribution < -0.4 is 4.90 Å². The van der Waals surface area contributed by atoms with Gasteiger partial charge in [-0.05, 0) is 70.1 Å². The van der Waals surface area contributed by atoms with Gasteiger partial charge in [0.15, 0.2) is 0 Å². The molecule has 2 aromatic carbocycles. The molecule has 0 bridgehead atoms. The first-order valence-corrected chi connectivity index (χ1v) is 13.5. The average molecular weight is 520 g/mol. The van der Waals surface area contributed by atoms with Crippen molar-refractivity contribution in [1.82, 2.24) is 9.55 Å². The maximum absolute atomic E-state index is 12.7. The number of carboxylic acid groups (broad SMARTS) is 1. The normalized spacial score (nSPS) is 22.2. The summed E-state index contributed by atoms with van der Waals surface area (Å²) in [6.45, 7) is 4.03. The number of ether oxygens (including phenoxy) is 2. The molecule has 1 N–H and O–H groups in total. The number of hydrogen-bond acceptors (Lipinski definition) is 5. The number of aryl methyl sites for hydroxylation is 2. The van der Waals surface area contributed by atoms with E-state index in [9.17, 15) is 14.7 Å². The van der Waals surface area contributed by atoms with Crippen LogP contribution in [0, 0.1) is 6.92 Å². The van der Waals surface area contributed by atoms with Crippen molar-refractivity contribution >= 4 is 28.8 Å². The number of benzene rings is 2. The van der Waals surface area contributed by atoms with E-state index < -0.39 is 11.9 Å². The molecule has 0 unspecified atom stereocenters. The van der Waals surface area contributed by atoms with Crippen molar-refractivity contribution in [3.63, 3.8) is 0 Å². The molecular formula is C30H37N3O5. The summed E-state index contributed by atoms with van der Waals surface area (Å²) in [5.74, 6) is -0.780. The summed E-state index contributed by atoms with van der Waals surface area (Å²) in [4.78, 5) is 32.0. The minimum Gasteiger partial charge on any atom is -0.481 e. The Bertz CT molecular complexity index is 1320. The van der Waals surface area contributed by atoms with Crippen LogP contribution in [0.1, 0.15) is 73.5 Å². The highest BCUT2D eigenvalue weighted by Gasteiger charge is 2.34. The number of imidazole rings is 1. The molecule has 2 heterocycles. The Labute approximate surface area is 223 Å². The van der Waals surface area contributed by atoms with Gasteiger partial charge >= 0.3 is 12.1 Å². The highest BCUT2D eigenvalue weighted by atomic mass is 16.5. The van der Waals surface area contributed by atoms with Crippen LogP contribution in [-0.2, 0) is 27.1 Å². The summed E-state index contributed by atoms with van der Waals surface area (Å²) in [6.07, 6.45) is 5.59. The molecule has 1 amide bonds. The van der Waals surface area contributed by atoms with Crippen LogP contribution in [0.3, 0.4) is 0 Å². The first kappa shape index (κ1) is 26.2. The van der Waals surface area contributed by atoms with Gasteiger partial charge in [-0.3, -0.25) is 9.69 Å². The lowest BCUT2D eigenvalue weighted by Crippen LogP contribution is -2.42. The van der Waals surface area contributed by atoms with Crippen molar-refractivity contribution in [2.45, 2.75) is 82.9 Å². The molecule has 38 heavy (non-hydrogen) atoms. The fourth-order valence-electron chi connectivity index (χ4n) is 6.24. The number of aliphatic carboxylic acids is 1. The number of anilines is 1. The molecule has 2 atom stereocenters. The molecule has 8 heteroatoms. The number of aromatic nitrogens is 2. The van der Waals surface area contributed by atoms with Crippen LogP contribution in [-0.4, -0.2) is 53.1 Å². The first-order valence-electron chi connectivity index (χ1n) is 13.5. The minimum atomic E-state index is -0.858. The molecule has 8 nitrogen and oxygen atoms in total. The highest BCUT2D eigenvalue weighted by molar-refractivity contribution is 5.95. The molecule has 1 saturated carbocycles. The van der Waals surface area contributed by atoms with Crippen molar-refractivity contribution in [3.05, 3.63) is 58.9 Å². The van der Waals surface area contributed by atoms with Gasteiger partial charge in [0.1, 0.15) is 5.82 Å². The van der Waals surface area contributed by atoms with E-state index in [2.05, 4.69) is 4.57 Å². The number of nitrogens with zero attached hydrogens (tertiary/aromatic N) is 3. The maximum Gasteiger partial charge on any atom is 0.414 e. The number of carboxylic acids is 1. The second kappa shape index (κ2) is 10.8. The van der Waals surface area contributed by atoms with Crippen LogP contribution in [0.2, 0.25) is 0 Å². The predicted molar refractivity (Wildman–Crippen MR) is 146 cm³/mol. The summed E-state index contributed by atoms with van der Waals surface area (Å²) in [7, 11) is 3.17. The van der Waals surface area contributed by atoms with E-state index in [4.69, 9.17) is 14.5 Å². The lowest BCUT2D eigenvalue weighted by atomic mass is 9.91. The fraction of sp³-hybridized carbons (Fsp3) is 0.500. The van der Waals surface area contributed by atoms with Crippen molar-refractivity contribution in [2.75, 3.05) is 19.1 Å². The molecule has 2 aliphatic rings. The van der Waals surface area contributed by atoms with E-state index in [0.717, 1.165) is 77.8 Å². The Kier molecular flexibility index (Phi) is 7.43. The van der Waals surface area contributed by atoms with Crippen LogP contribution in [0.25, 0.3) is 11.0 Å². The topological polar surface area (TPSA) is 93.9 Å². The summed E-state index contributed by atoms with van der Waals surface area (Å²) in [5.41, 5.74) is 5.59. The van der Waals surface area contributed by atoms with Crippen molar-refractivity contribution in [3.8, 4) is 0 Å². The van der Waals surface area contributed by atoms with Gasteiger partial charge in [-0.2, -0.15) is 0 Å². The lowest BCUT2D eigenvalue weighted by molar-refractivity contribution is -0.138. The third-order valence-corrected chi connectivity index (χ3v) is 8.41. The SMILES string of the molecule is COC(=O)N1c2ccc3c(nc(C[C@@H](C(=O)O)c4ccc(C)cc4)n3C3CCC(OC)CC3)c2CC[C@@H]1C. The van der Waals surface area contributed by atoms with Gasteiger partial charge in [-0.1, -0.05) is 29.8 Å². The standard InChI is InChI=1S/C30H37N3O5/c1-18-5-8-20(9-6-18)24(29(34)35)17-27-31-28-23-14-7-19(2)32(30(36)38-4)25(23)15-16-26(28)33(27)21-10-12-22(37-3)13-11-21/h5-6,8-9,15-16,19,21-22,24H,7,10-14,17H2,1-4H3,(H,34,35)/t19-,21?,22?,24+/m0/s1. The van der Waals surface area contributed by atoms with Gasteiger partial charge in [0, 0.05) is 31.2 Å². The van der Waals surface area contributed by atoms with Gasteiger partial charge in [-0.15, -0.1) is 0 Å². The Morgan fingerprint density at radius 1 is 1.05 bits per heavy atom. The molecule has 1 fully saturated rings. The molecular weight excluding hydrogens is 482 g/mol. The number of methoxy groups -OCH3 is 2. The van der Waals surface area contributed by atoms with Crippen molar-refractivity contribution in [1.29, 1.82) is 0 Å². The lowest BCUT2D eigenvalue weighted by Gasteiger charge is -2.34. The monoisotopic (exact) mass is 519 g/mol. The second-order valence-corrected chi connectivity index (χ2v) is 10.7. The van der Waals surface area contributed by atoms with Crippen LogP contribution in [0.5, 0.6) is 0 Å². The Balaban J connectivity index is 1.63. The van der Waals surface area contributed by atoms with Crippen LogP contribution >= 0.6 is 0 Å². The summed E-state index contributed by atoms with van der Waals surface area (Å²) < 4.78 is 13.0. The van der Waals surface area contributed by atoms with Gasteiger partial charge in [0.2, 0.25) is 0 Å². The highest BCUT2D eigenvalue weighted by Crippen LogP contribution is 2.40. The largest absolute Gasteiger partial charge is 0.481 e. The summed E-state index contributed by atoms with van der Waals surface area (Å²) >= 11 is 0. The molecule has 1 aromatic heterocycles. The van der Waals surface area contributed by atoms with E-state index in [0.29, 0.717) is 6.42 Å². The Morgan fingerprint density at radius 2 is 1.76 bits per heavy atom. The number of rotatable bonds is 6. The third kappa shape index (κ3) is 4.77. The Hall–Kier alpha value is -3.39. The molecule has 0 spiro atoms. The van der Waals surface area contributed by atoms with E-state index in [1.807, 2.05) is 50.2 Å². The van der Waals surface area contributed by atoms with E-state index in [-0.39, 0.29) is 24.3 Å². The number of carbonyl (C=O) groups excluding carboxylic acids is 1. The van der Waals surface area contributed by atoms with Gasteiger partial charge < -0.3 is 19.1 Å². The summed E-state index contributed by atoms with van der Waals surface area (Å²) in [5, 5.41) is 10.2. The fourth-order valence-corrected chi connectivity index (χ4v) is 6.24. The maximum atomic E-state index is 12.7. The van der Waals surface area contributed by atoms with Gasteiger partial charge in [0.05, 0.1) is 35.9 Å². The molecule has 0 saturated heterocycles. The summed E-state index contributed by atoms with van der Waals surface area (Å²) in [6, 6.07) is 12.0. The molecule has 3 aromatic rings. The van der Waals surface area contributed by atoms with Crippen LogP contribution in [0.15, 0.2) is 36.4 Å². The van der Waals surface area contributed by atoms with Crippen molar-refractivity contribution < 1.29 is 24.2 Å². The van der Waals surface area contributed by atoms with Gasteiger partial charge in [0.25, 0.3) is 0 Å². The smallest absolute Gasteiger partial charge is 0.414 e. The minimum absolute atomic E-state index is 0.0243.